The Morgan fingerprint density at radius 3 is 2.54 bits per heavy atom. The summed E-state index contributed by atoms with van der Waals surface area (Å²) in [6.07, 6.45) is 1.86. The Balaban J connectivity index is 2.79. The van der Waals surface area contributed by atoms with Crippen LogP contribution in [0.15, 0.2) is 18.3 Å². The van der Waals surface area contributed by atoms with Crippen LogP contribution in [0.3, 0.4) is 0 Å². The van der Waals surface area contributed by atoms with Crippen LogP contribution in [0, 0.1) is 0 Å². The predicted octanol–water partition coefficient (Wildman–Crippen LogP) is 1.38. The van der Waals surface area contributed by atoms with E-state index in [0.29, 0.717) is 12.6 Å². The van der Waals surface area contributed by atoms with Gasteiger partial charge in [-0.2, -0.15) is 0 Å². The van der Waals surface area contributed by atoms with Crippen molar-refractivity contribution in [2.24, 2.45) is 5.73 Å². The highest BCUT2D eigenvalue weighted by molar-refractivity contribution is 5.44. The third-order valence-corrected chi connectivity index (χ3v) is 2.20. The summed E-state index contributed by atoms with van der Waals surface area (Å²) in [4.78, 5) is 6.41. The second-order valence-electron chi connectivity index (χ2n) is 3.42. The summed E-state index contributed by atoms with van der Waals surface area (Å²) in [6, 6.07) is 4.51. The molecule has 0 saturated heterocycles. The number of anilines is 1. The fraction of sp³-hybridized carbons (Fsp3) is 0.500. The van der Waals surface area contributed by atoms with Crippen molar-refractivity contribution >= 4 is 5.69 Å². The van der Waals surface area contributed by atoms with Crippen molar-refractivity contribution in [1.29, 1.82) is 0 Å². The number of aromatic nitrogens is 1. The molecule has 0 aliphatic carbocycles. The lowest BCUT2D eigenvalue weighted by Gasteiger charge is -2.23. The standard InChI is InChI=1S/C10H17N3/c1-8(2)13(3)10-5-4-9(6-11)12-7-10/h4-5,7-8H,6,11H2,1-3H3. The van der Waals surface area contributed by atoms with Crippen LogP contribution in [-0.2, 0) is 6.54 Å². The van der Waals surface area contributed by atoms with Crippen molar-refractivity contribution in [3.63, 3.8) is 0 Å². The first kappa shape index (κ1) is 9.99. The Morgan fingerprint density at radius 2 is 2.15 bits per heavy atom. The van der Waals surface area contributed by atoms with E-state index >= 15 is 0 Å². The van der Waals surface area contributed by atoms with E-state index in [1.165, 1.54) is 0 Å². The highest BCUT2D eigenvalue weighted by atomic mass is 15.1. The van der Waals surface area contributed by atoms with Gasteiger partial charge in [-0.3, -0.25) is 4.98 Å². The van der Waals surface area contributed by atoms with Gasteiger partial charge in [0.25, 0.3) is 0 Å². The minimum atomic E-state index is 0.491. The Kier molecular flexibility index (Phi) is 3.25. The minimum Gasteiger partial charge on any atom is -0.371 e. The van der Waals surface area contributed by atoms with E-state index in [9.17, 15) is 0 Å². The van der Waals surface area contributed by atoms with Crippen LogP contribution in [0.2, 0.25) is 0 Å². The molecule has 0 aromatic carbocycles. The number of hydrogen-bond acceptors (Lipinski definition) is 3. The topological polar surface area (TPSA) is 42.1 Å². The Bertz CT molecular complexity index is 253. The molecule has 0 saturated carbocycles. The van der Waals surface area contributed by atoms with Crippen molar-refractivity contribution in [2.75, 3.05) is 11.9 Å². The summed E-state index contributed by atoms with van der Waals surface area (Å²) in [5, 5.41) is 0. The fourth-order valence-corrected chi connectivity index (χ4v) is 1.04. The normalized spacial score (nSPS) is 10.5. The molecule has 1 rings (SSSR count). The molecule has 3 heteroatoms. The van der Waals surface area contributed by atoms with Gasteiger partial charge in [0.05, 0.1) is 17.6 Å². The maximum absolute atomic E-state index is 5.46. The maximum Gasteiger partial charge on any atom is 0.0552 e. The van der Waals surface area contributed by atoms with E-state index < -0.39 is 0 Å². The zero-order chi connectivity index (χ0) is 9.84. The smallest absolute Gasteiger partial charge is 0.0552 e. The van der Waals surface area contributed by atoms with Gasteiger partial charge in [-0.25, -0.2) is 0 Å². The number of pyridine rings is 1. The van der Waals surface area contributed by atoms with Gasteiger partial charge in [0.15, 0.2) is 0 Å². The molecule has 0 unspecified atom stereocenters. The molecule has 3 nitrogen and oxygen atoms in total. The molecule has 0 bridgehead atoms. The Hall–Kier alpha value is -1.09. The molecule has 0 amide bonds. The van der Waals surface area contributed by atoms with Gasteiger partial charge in [-0.1, -0.05) is 0 Å². The molecule has 1 heterocycles. The van der Waals surface area contributed by atoms with Crippen LogP contribution in [0.4, 0.5) is 5.69 Å². The summed E-state index contributed by atoms with van der Waals surface area (Å²) in [5.41, 5.74) is 7.52. The van der Waals surface area contributed by atoms with E-state index in [1.807, 2.05) is 12.3 Å². The number of nitrogens with two attached hydrogens (primary N) is 1. The first-order valence-corrected chi connectivity index (χ1v) is 4.53. The lowest BCUT2D eigenvalue weighted by Crippen LogP contribution is -2.25. The van der Waals surface area contributed by atoms with Crippen LogP contribution >= 0.6 is 0 Å². The SMILES string of the molecule is CC(C)N(C)c1ccc(CN)nc1. The molecule has 13 heavy (non-hydrogen) atoms. The van der Waals surface area contributed by atoms with E-state index in [2.05, 4.69) is 36.8 Å². The van der Waals surface area contributed by atoms with Crippen molar-refractivity contribution in [1.82, 2.24) is 4.98 Å². The average Bonchev–Trinajstić information content (AvgIpc) is 2.17. The average molecular weight is 179 g/mol. The van der Waals surface area contributed by atoms with Gasteiger partial charge in [0, 0.05) is 19.6 Å². The summed E-state index contributed by atoms with van der Waals surface area (Å²) in [6.45, 7) is 4.80. The Morgan fingerprint density at radius 1 is 1.46 bits per heavy atom. The number of hydrogen-bond donors (Lipinski definition) is 1. The molecular formula is C10H17N3. The van der Waals surface area contributed by atoms with Gasteiger partial charge >= 0.3 is 0 Å². The highest BCUT2D eigenvalue weighted by Crippen LogP contribution is 2.13. The fourth-order valence-electron chi connectivity index (χ4n) is 1.04. The summed E-state index contributed by atoms with van der Waals surface area (Å²) in [5.74, 6) is 0. The van der Waals surface area contributed by atoms with Crippen LogP contribution in [0.5, 0.6) is 0 Å². The third kappa shape index (κ3) is 2.42. The van der Waals surface area contributed by atoms with Gasteiger partial charge in [-0.05, 0) is 26.0 Å². The van der Waals surface area contributed by atoms with E-state index in [1.54, 1.807) is 0 Å². The molecule has 2 N–H and O–H groups in total. The van der Waals surface area contributed by atoms with Crippen LogP contribution in [0.1, 0.15) is 19.5 Å². The molecule has 0 fully saturated rings. The second-order valence-corrected chi connectivity index (χ2v) is 3.42. The monoisotopic (exact) mass is 179 g/mol. The van der Waals surface area contributed by atoms with Crippen molar-refractivity contribution < 1.29 is 0 Å². The lowest BCUT2D eigenvalue weighted by molar-refractivity contribution is 0.752. The molecule has 1 aromatic rings. The van der Waals surface area contributed by atoms with Crippen molar-refractivity contribution in [3.05, 3.63) is 24.0 Å². The molecular weight excluding hydrogens is 162 g/mol. The number of rotatable bonds is 3. The summed E-state index contributed by atoms with van der Waals surface area (Å²) < 4.78 is 0. The van der Waals surface area contributed by atoms with E-state index in [-0.39, 0.29) is 0 Å². The first-order chi connectivity index (χ1) is 6.15. The number of nitrogens with zero attached hydrogens (tertiary/aromatic N) is 2. The zero-order valence-corrected chi connectivity index (χ0v) is 8.49. The molecule has 0 aliphatic rings. The summed E-state index contributed by atoms with van der Waals surface area (Å²) >= 11 is 0. The molecule has 1 aromatic heterocycles. The first-order valence-electron chi connectivity index (χ1n) is 4.53. The third-order valence-electron chi connectivity index (χ3n) is 2.20. The van der Waals surface area contributed by atoms with Gasteiger partial charge in [0.1, 0.15) is 0 Å². The lowest BCUT2D eigenvalue weighted by atomic mass is 10.2. The maximum atomic E-state index is 5.46. The molecule has 0 spiro atoms. The van der Waals surface area contributed by atoms with Gasteiger partial charge in [0.2, 0.25) is 0 Å². The van der Waals surface area contributed by atoms with Crippen molar-refractivity contribution in [2.45, 2.75) is 26.4 Å². The minimum absolute atomic E-state index is 0.491. The summed E-state index contributed by atoms with van der Waals surface area (Å²) in [7, 11) is 2.06. The zero-order valence-electron chi connectivity index (χ0n) is 8.49. The molecule has 72 valence electrons. The van der Waals surface area contributed by atoms with E-state index in [0.717, 1.165) is 11.4 Å². The van der Waals surface area contributed by atoms with E-state index in [4.69, 9.17) is 5.73 Å². The second kappa shape index (κ2) is 4.23. The quantitative estimate of drug-likeness (QED) is 0.762. The highest BCUT2D eigenvalue weighted by Gasteiger charge is 2.04. The van der Waals surface area contributed by atoms with Crippen molar-refractivity contribution in [3.8, 4) is 0 Å². The van der Waals surface area contributed by atoms with Gasteiger partial charge < -0.3 is 10.6 Å². The molecule has 0 radical (unpaired) electrons. The Labute approximate surface area is 79.6 Å². The largest absolute Gasteiger partial charge is 0.371 e. The van der Waals surface area contributed by atoms with Crippen LogP contribution < -0.4 is 10.6 Å². The molecule has 0 aliphatic heterocycles. The van der Waals surface area contributed by atoms with Gasteiger partial charge in [-0.15, -0.1) is 0 Å². The predicted molar refractivity (Wildman–Crippen MR) is 55.7 cm³/mol. The van der Waals surface area contributed by atoms with Crippen LogP contribution in [0.25, 0.3) is 0 Å². The molecule has 0 atom stereocenters. The van der Waals surface area contributed by atoms with Crippen LogP contribution in [-0.4, -0.2) is 18.1 Å².